The van der Waals surface area contributed by atoms with Crippen LogP contribution in [0.25, 0.3) is 0 Å². The number of carbonyl (C=O) groups excluding carboxylic acids is 1. The Morgan fingerprint density at radius 3 is 2.45 bits per heavy atom. The van der Waals surface area contributed by atoms with Gasteiger partial charge in [0.05, 0.1) is 5.69 Å². The Balaban J connectivity index is 2.62. The van der Waals surface area contributed by atoms with Crippen molar-refractivity contribution in [2.75, 3.05) is 20.1 Å². The van der Waals surface area contributed by atoms with Gasteiger partial charge < -0.3 is 25.2 Å². The molecule has 0 radical (unpaired) electrons. The second-order valence-corrected chi connectivity index (χ2v) is 8.46. The number of unbranched alkanes of at least 4 members (excludes halogenated alkanes) is 1. The zero-order valence-electron chi connectivity index (χ0n) is 19.3. The summed E-state index contributed by atoms with van der Waals surface area (Å²) in [6.07, 6.45) is 2.66. The second kappa shape index (κ2) is 11.7. The minimum Gasteiger partial charge on any atom is -0.444 e. The topological polar surface area (TPSA) is 101 Å². The number of carbonyl (C=O) groups is 1. The lowest BCUT2D eigenvalue weighted by Gasteiger charge is -2.24. The molecule has 8 heteroatoms. The van der Waals surface area contributed by atoms with Crippen molar-refractivity contribution in [3.8, 4) is 0 Å². The molecule has 0 aliphatic rings. The van der Waals surface area contributed by atoms with Crippen LogP contribution in [0.15, 0.2) is 9.52 Å². The molecular weight excluding hydrogens is 370 g/mol. The first-order valence-electron chi connectivity index (χ1n) is 10.4. The van der Waals surface area contributed by atoms with Gasteiger partial charge in [-0.2, -0.15) is 0 Å². The monoisotopic (exact) mass is 409 g/mol. The first-order valence-corrected chi connectivity index (χ1v) is 10.4. The highest BCUT2D eigenvalue weighted by Gasteiger charge is 2.19. The number of hydrogen-bond donors (Lipinski definition) is 3. The summed E-state index contributed by atoms with van der Waals surface area (Å²) in [5.74, 6) is 1.78. The van der Waals surface area contributed by atoms with E-state index in [9.17, 15) is 4.79 Å². The summed E-state index contributed by atoms with van der Waals surface area (Å²) in [5, 5.41) is 13.7. The number of nitrogens with one attached hydrogen (secondary N) is 3. The van der Waals surface area contributed by atoms with Crippen LogP contribution in [0.4, 0.5) is 4.79 Å². The number of ether oxygens (including phenoxy) is 1. The third-order valence-electron chi connectivity index (χ3n) is 4.52. The van der Waals surface area contributed by atoms with Crippen molar-refractivity contribution in [3.63, 3.8) is 0 Å². The summed E-state index contributed by atoms with van der Waals surface area (Å²) in [5.41, 5.74) is 1.53. The molecule has 0 spiro atoms. The van der Waals surface area contributed by atoms with Gasteiger partial charge in [-0.05, 0) is 41.0 Å². The van der Waals surface area contributed by atoms with E-state index in [4.69, 9.17) is 9.26 Å². The highest BCUT2D eigenvalue weighted by atomic mass is 16.6. The summed E-state index contributed by atoms with van der Waals surface area (Å²) >= 11 is 0. The maximum atomic E-state index is 12.0. The van der Waals surface area contributed by atoms with Gasteiger partial charge in [0.15, 0.2) is 5.96 Å². The van der Waals surface area contributed by atoms with Crippen molar-refractivity contribution < 1.29 is 14.1 Å². The Morgan fingerprint density at radius 2 is 1.93 bits per heavy atom. The van der Waals surface area contributed by atoms with Crippen LogP contribution >= 0.6 is 0 Å². The highest BCUT2D eigenvalue weighted by Crippen LogP contribution is 2.22. The van der Waals surface area contributed by atoms with Crippen molar-refractivity contribution in [2.45, 2.75) is 85.3 Å². The average molecular weight is 410 g/mol. The van der Waals surface area contributed by atoms with Crippen LogP contribution < -0.4 is 16.0 Å². The van der Waals surface area contributed by atoms with Crippen LogP contribution in [0.1, 0.15) is 76.8 Å². The van der Waals surface area contributed by atoms with Crippen molar-refractivity contribution in [2.24, 2.45) is 4.99 Å². The van der Waals surface area contributed by atoms with Gasteiger partial charge in [-0.15, -0.1) is 0 Å². The Morgan fingerprint density at radius 1 is 1.24 bits per heavy atom. The molecule has 0 aliphatic heterocycles. The average Bonchev–Trinajstić information content (AvgIpc) is 2.97. The molecule has 2 unspecified atom stereocenters. The molecule has 3 N–H and O–H groups in total. The lowest BCUT2D eigenvalue weighted by atomic mass is 10.00. The Kier molecular flexibility index (Phi) is 9.98. The molecule has 1 amide bonds. The number of aromatic nitrogens is 1. The van der Waals surface area contributed by atoms with Gasteiger partial charge in [-0.1, -0.05) is 31.8 Å². The van der Waals surface area contributed by atoms with Gasteiger partial charge in [-0.3, -0.25) is 4.99 Å². The van der Waals surface area contributed by atoms with Gasteiger partial charge in [0.2, 0.25) is 0 Å². The van der Waals surface area contributed by atoms with Gasteiger partial charge in [0.25, 0.3) is 0 Å². The maximum absolute atomic E-state index is 12.0. The Labute approximate surface area is 175 Å². The molecule has 0 bridgehead atoms. The van der Waals surface area contributed by atoms with Gasteiger partial charge in [0, 0.05) is 37.7 Å². The fraction of sp³-hybridized carbons (Fsp3) is 0.762. The van der Waals surface area contributed by atoms with E-state index in [0.717, 1.165) is 36.3 Å². The molecule has 0 saturated heterocycles. The number of amides is 1. The molecule has 1 aromatic heterocycles. The first kappa shape index (κ1) is 24.8. The largest absolute Gasteiger partial charge is 0.444 e. The first-order chi connectivity index (χ1) is 13.6. The predicted molar refractivity (Wildman–Crippen MR) is 116 cm³/mol. The third kappa shape index (κ3) is 9.19. The fourth-order valence-corrected chi connectivity index (χ4v) is 3.13. The summed E-state index contributed by atoms with van der Waals surface area (Å²) in [6, 6.07) is 0.0584. The van der Waals surface area contributed by atoms with E-state index >= 15 is 0 Å². The van der Waals surface area contributed by atoms with Gasteiger partial charge in [0.1, 0.15) is 11.4 Å². The molecule has 0 aromatic carbocycles. The highest BCUT2D eigenvalue weighted by molar-refractivity contribution is 5.80. The maximum Gasteiger partial charge on any atom is 0.407 e. The fourth-order valence-electron chi connectivity index (χ4n) is 3.13. The van der Waals surface area contributed by atoms with E-state index in [1.807, 2.05) is 34.6 Å². The van der Waals surface area contributed by atoms with Crippen molar-refractivity contribution in [1.82, 2.24) is 21.1 Å². The number of alkyl carbamates (subject to hydrolysis) is 1. The molecular formula is C21H39N5O3. The summed E-state index contributed by atoms with van der Waals surface area (Å²) in [6.45, 7) is 14.9. The van der Waals surface area contributed by atoms with E-state index < -0.39 is 11.7 Å². The van der Waals surface area contributed by atoms with Gasteiger partial charge in [-0.25, -0.2) is 4.79 Å². The predicted octanol–water partition coefficient (Wildman–Crippen LogP) is 3.64. The van der Waals surface area contributed by atoms with Crippen LogP contribution in [0.3, 0.4) is 0 Å². The molecule has 1 rings (SSSR count). The van der Waals surface area contributed by atoms with Crippen LogP contribution in [0.5, 0.6) is 0 Å². The number of hydrogen-bond acceptors (Lipinski definition) is 5. The van der Waals surface area contributed by atoms with Crippen molar-refractivity contribution in [1.29, 1.82) is 0 Å². The van der Waals surface area contributed by atoms with Crippen molar-refractivity contribution in [3.05, 3.63) is 17.0 Å². The van der Waals surface area contributed by atoms with E-state index in [-0.39, 0.29) is 12.0 Å². The van der Waals surface area contributed by atoms with Crippen LogP contribution in [-0.4, -0.2) is 49.0 Å². The number of rotatable bonds is 9. The van der Waals surface area contributed by atoms with E-state index in [2.05, 4.69) is 39.9 Å². The molecule has 166 valence electrons. The zero-order chi connectivity index (χ0) is 22.0. The number of nitrogens with zero attached hydrogens (tertiary/aromatic N) is 2. The van der Waals surface area contributed by atoms with Crippen LogP contribution in [0, 0.1) is 13.8 Å². The molecule has 1 heterocycles. The Hall–Kier alpha value is -2.25. The molecule has 2 atom stereocenters. The lowest BCUT2D eigenvalue weighted by Crippen LogP contribution is -2.49. The normalized spacial score (nSPS) is 14.3. The number of guanidine groups is 1. The number of aryl methyl sites for hydroxylation is 2. The molecule has 29 heavy (non-hydrogen) atoms. The van der Waals surface area contributed by atoms with Crippen LogP contribution in [0.2, 0.25) is 0 Å². The van der Waals surface area contributed by atoms with Gasteiger partial charge >= 0.3 is 6.09 Å². The molecule has 0 fully saturated rings. The zero-order valence-corrected chi connectivity index (χ0v) is 19.3. The lowest BCUT2D eigenvalue weighted by molar-refractivity contribution is 0.0523. The Bertz CT molecular complexity index is 644. The second-order valence-electron chi connectivity index (χ2n) is 8.46. The minimum absolute atomic E-state index is 0.0584. The standard InChI is InChI=1S/C21H39N5O3/c1-9-10-11-17(13-24-20(27)28-21(5,6)7)25-19(22-8)23-12-14(2)18-15(3)26-29-16(18)4/h14,17H,9-13H2,1-8H3,(H,24,27)(H2,22,23,25). The molecule has 8 nitrogen and oxygen atoms in total. The minimum atomic E-state index is -0.512. The SMILES string of the molecule is CCCCC(CNC(=O)OC(C)(C)C)NC(=NC)NCC(C)c1c(C)noc1C. The third-order valence-corrected chi connectivity index (χ3v) is 4.52. The summed E-state index contributed by atoms with van der Waals surface area (Å²) < 4.78 is 10.6. The molecule has 0 saturated carbocycles. The van der Waals surface area contributed by atoms with E-state index in [0.29, 0.717) is 19.0 Å². The molecule has 1 aromatic rings. The summed E-state index contributed by atoms with van der Waals surface area (Å²) in [7, 11) is 1.74. The summed E-state index contributed by atoms with van der Waals surface area (Å²) in [4.78, 5) is 16.3. The number of aliphatic imine (C=N–C) groups is 1. The molecule has 0 aliphatic carbocycles. The van der Waals surface area contributed by atoms with Crippen molar-refractivity contribution >= 4 is 12.1 Å². The van der Waals surface area contributed by atoms with E-state index in [1.54, 1.807) is 7.05 Å². The quantitative estimate of drug-likeness (QED) is 0.425. The van der Waals surface area contributed by atoms with Crippen LogP contribution in [-0.2, 0) is 4.74 Å². The smallest absolute Gasteiger partial charge is 0.407 e. The van der Waals surface area contributed by atoms with E-state index in [1.165, 1.54) is 0 Å².